The molecule has 0 fully saturated rings. The van der Waals surface area contributed by atoms with Crippen molar-refractivity contribution in [2.75, 3.05) is 19.5 Å². The number of nitrogens with one attached hydrogen (secondary N) is 1. The number of rotatable bonds is 4. The third-order valence-electron chi connectivity index (χ3n) is 6.77. The van der Waals surface area contributed by atoms with E-state index in [4.69, 9.17) is 9.47 Å². The summed E-state index contributed by atoms with van der Waals surface area (Å²) in [5, 5.41) is 4.40. The molecule has 3 heterocycles. The SMILES string of the molecule is COc1ccc(NC(=O)N2Cc3c(sc4c3CCCC4)-n3cccc3C2C(C)C)c(OC)c1. The van der Waals surface area contributed by atoms with E-state index < -0.39 is 0 Å². The summed E-state index contributed by atoms with van der Waals surface area (Å²) in [6, 6.07) is 9.55. The van der Waals surface area contributed by atoms with Gasteiger partial charge in [0.1, 0.15) is 16.5 Å². The number of thiophene rings is 1. The average Bonchev–Trinajstić information content (AvgIpc) is 3.40. The third-order valence-corrected chi connectivity index (χ3v) is 8.10. The molecule has 0 bridgehead atoms. The molecule has 2 aliphatic rings. The Kier molecular flexibility index (Phi) is 5.83. The minimum absolute atomic E-state index is 0.0388. The molecule has 3 aromatic rings. The van der Waals surface area contributed by atoms with Crippen LogP contribution in [0, 0.1) is 5.92 Å². The molecule has 1 unspecified atom stereocenters. The molecule has 0 spiro atoms. The fourth-order valence-corrected chi connectivity index (χ4v) is 6.62. The van der Waals surface area contributed by atoms with Crippen LogP contribution in [0.5, 0.6) is 11.5 Å². The first-order valence-electron chi connectivity index (χ1n) is 11.6. The average molecular weight is 466 g/mol. The fraction of sp³-hybridized carbons (Fsp3) is 0.423. The molecule has 6 nitrogen and oxygen atoms in total. The third kappa shape index (κ3) is 3.78. The minimum atomic E-state index is -0.117. The topological polar surface area (TPSA) is 55.7 Å². The van der Waals surface area contributed by atoms with Crippen LogP contribution in [0.2, 0.25) is 0 Å². The second kappa shape index (κ2) is 8.78. The second-order valence-electron chi connectivity index (χ2n) is 9.11. The number of anilines is 1. The first-order valence-corrected chi connectivity index (χ1v) is 12.4. The predicted molar refractivity (Wildman–Crippen MR) is 132 cm³/mol. The van der Waals surface area contributed by atoms with Crippen molar-refractivity contribution in [3.63, 3.8) is 0 Å². The summed E-state index contributed by atoms with van der Waals surface area (Å²) < 4.78 is 13.2. The number of benzene rings is 1. The highest BCUT2D eigenvalue weighted by Crippen LogP contribution is 2.44. The highest BCUT2D eigenvalue weighted by molar-refractivity contribution is 7.15. The van der Waals surface area contributed by atoms with Crippen LogP contribution in [0.4, 0.5) is 10.5 Å². The van der Waals surface area contributed by atoms with Gasteiger partial charge < -0.3 is 24.3 Å². The Hall–Kier alpha value is -2.93. The molecule has 1 N–H and O–H groups in total. The first-order chi connectivity index (χ1) is 16.0. The molecule has 2 amide bonds. The summed E-state index contributed by atoms with van der Waals surface area (Å²) >= 11 is 1.91. The van der Waals surface area contributed by atoms with E-state index in [0.29, 0.717) is 23.7 Å². The zero-order chi connectivity index (χ0) is 23.1. The highest BCUT2D eigenvalue weighted by atomic mass is 32.1. The molecule has 1 aliphatic carbocycles. The molecule has 1 aliphatic heterocycles. The maximum atomic E-state index is 13.8. The van der Waals surface area contributed by atoms with Gasteiger partial charge in [0.15, 0.2) is 0 Å². The number of aryl methyl sites for hydroxylation is 1. The van der Waals surface area contributed by atoms with Crippen molar-refractivity contribution in [3.05, 3.63) is 58.2 Å². The minimum Gasteiger partial charge on any atom is -0.497 e. The monoisotopic (exact) mass is 465 g/mol. The van der Waals surface area contributed by atoms with Crippen molar-refractivity contribution < 1.29 is 14.3 Å². The number of nitrogens with zero attached hydrogens (tertiary/aromatic N) is 2. The van der Waals surface area contributed by atoms with Crippen LogP contribution in [-0.4, -0.2) is 29.7 Å². The van der Waals surface area contributed by atoms with Gasteiger partial charge in [0.05, 0.1) is 32.5 Å². The Bertz CT molecular complexity index is 1180. The van der Waals surface area contributed by atoms with Gasteiger partial charge in [-0.2, -0.15) is 0 Å². The Balaban J connectivity index is 1.56. The van der Waals surface area contributed by atoms with Crippen LogP contribution in [0.3, 0.4) is 0 Å². The molecule has 7 heteroatoms. The van der Waals surface area contributed by atoms with Crippen LogP contribution in [0.1, 0.15) is 54.4 Å². The Morgan fingerprint density at radius 2 is 1.94 bits per heavy atom. The number of carbonyl (C=O) groups is 1. The largest absolute Gasteiger partial charge is 0.497 e. The van der Waals surface area contributed by atoms with Crippen LogP contribution >= 0.6 is 11.3 Å². The first kappa shape index (κ1) is 21.9. The van der Waals surface area contributed by atoms with E-state index in [1.807, 2.05) is 28.4 Å². The normalized spacial score (nSPS) is 17.1. The smallest absolute Gasteiger partial charge is 0.322 e. The van der Waals surface area contributed by atoms with Crippen LogP contribution in [0.25, 0.3) is 5.00 Å². The number of urea groups is 1. The van der Waals surface area contributed by atoms with Crippen LogP contribution in [0.15, 0.2) is 36.5 Å². The van der Waals surface area contributed by atoms with E-state index in [2.05, 4.69) is 42.1 Å². The van der Waals surface area contributed by atoms with Crippen molar-refractivity contribution in [3.8, 4) is 16.5 Å². The lowest BCUT2D eigenvalue weighted by Gasteiger charge is -2.33. The Labute approximate surface area is 199 Å². The predicted octanol–water partition coefficient (Wildman–Crippen LogP) is 6.18. The van der Waals surface area contributed by atoms with Gasteiger partial charge in [-0.05, 0) is 61.4 Å². The zero-order valence-corrected chi connectivity index (χ0v) is 20.5. The van der Waals surface area contributed by atoms with Gasteiger partial charge in [-0.1, -0.05) is 13.8 Å². The van der Waals surface area contributed by atoms with E-state index >= 15 is 0 Å². The number of amides is 2. The van der Waals surface area contributed by atoms with Gasteiger partial charge in [0.2, 0.25) is 0 Å². The number of aromatic nitrogens is 1. The van der Waals surface area contributed by atoms with Crippen LogP contribution in [-0.2, 0) is 19.4 Å². The van der Waals surface area contributed by atoms with Gasteiger partial charge in [-0.15, -0.1) is 11.3 Å². The molecule has 0 saturated carbocycles. The van der Waals surface area contributed by atoms with E-state index in [1.165, 1.54) is 39.5 Å². The van der Waals surface area contributed by atoms with Crippen molar-refractivity contribution in [1.29, 1.82) is 0 Å². The molecule has 5 rings (SSSR count). The Morgan fingerprint density at radius 3 is 2.70 bits per heavy atom. The van der Waals surface area contributed by atoms with Crippen LogP contribution < -0.4 is 14.8 Å². The fourth-order valence-electron chi connectivity index (χ4n) is 5.21. The van der Waals surface area contributed by atoms with E-state index in [9.17, 15) is 4.79 Å². The molecular formula is C26H31N3O3S. The highest BCUT2D eigenvalue weighted by Gasteiger charge is 2.36. The van der Waals surface area contributed by atoms with Gasteiger partial charge >= 0.3 is 6.03 Å². The molecular weight excluding hydrogens is 434 g/mol. The lowest BCUT2D eigenvalue weighted by molar-refractivity contribution is 0.161. The standard InChI is InChI=1S/C26H31N3O3S/c1-16(2)24-21-9-7-13-28(21)25-19(18-8-5-6-10-23(18)33-25)15-29(24)26(30)27-20-12-11-17(31-3)14-22(20)32-4/h7,9,11-14,16,24H,5-6,8,10,15H2,1-4H3,(H,27,30). The number of hydrogen-bond donors (Lipinski definition) is 1. The number of methoxy groups -OCH3 is 2. The number of fused-ring (bicyclic) bond motifs is 5. The number of carbonyl (C=O) groups excluding carboxylic acids is 1. The molecule has 2 aromatic heterocycles. The van der Waals surface area contributed by atoms with Gasteiger partial charge in [0, 0.05) is 28.4 Å². The van der Waals surface area contributed by atoms with Gasteiger partial charge in [0.25, 0.3) is 0 Å². The lowest BCUT2D eigenvalue weighted by atomic mass is 9.94. The summed E-state index contributed by atoms with van der Waals surface area (Å²) in [5.74, 6) is 1.52. The maximum Gasteiger partial charge on any atom is 0.322 e. The van der Waals surface area contributed by atoms with Crippen molar-refractivity contribution in [1.82, 2.24) is 9.47 Å². The quantitative estimate of drug-likeness (QED) is 0.501. The lowest BCUT2D eigenvalue weighted by Crippen LogP contribution is -2.39. The van der Waals surface area contributed by atoms with Gasteiger partial charge in [-0.3, -0.25) is 0 Å². The summed E-state index contributed by atoms with van der Waals surface area (Å²) in [6.45, 7) is 4.98. The van der Waals surface area contributed by atoms with Crippen molar-refractivity contribution in [2.24, 2.45) is 5.92 Å². The summed E-state index contributed by atoms with van der Waals surface area (Å²) in [7, 11) is 3.22. The van der Waals surface area contributed by atoms with E-state index in [1.54, 1.807) is 20.3 Å². The van der Waals surface area contributed by atoms with E-state index in [0.717, 1.165) is 12.8 Å². The Morgan fingerprint density at radius 1 is 1.12 bits per heavy atom. The molecule has 33 heavy (non-hydrogen) atoms. The van der Waals surface area contributed by atoms with Gasteiger partial charge in [-0.25, -0.2) is 4.79 Å². The maximum absolute atomic E-state index is 13.8. The summed E-state index contributed by atoms with van der Waals surface area (Å²) in [6.07, 6.45) is 6.87. The molecule has 0 radical (unpaired) electrons. The molecule has 1 aromatic carbocycles. The summed E-state index contributed by atoms with van der Waals surface area (Å²) in [5.41, 5.74) is 4.58. The molecule has 1 atom stereocenters. The zero-order valence-electron chi connectivity index (χ0n) is 19.7. The number of hydrogen-bond acceptors (Lipinski definition) is 4. The summed E-state index contributed by atoms with van der Waals surface area (Å²) in [4.78, 5) is 17.3. The van der Waals surface area contributed by atoms with Crippen molar-refractivity contribution >= 4 is 23.1 Å². The molecule has 0 saturated heterocycles. The second-order valence-corrected chi connectivity index (χ2v) is 10.2. The number of ether oxygens (including phenoxy) is 2. The molecule has 174 valence electrons. The van der Waals surface area contributed by atoms with E-state index in [-0.39, 0.29) is 18.0 Å². The van der Waals surface area contributed by atoms with Crippen molar-refractivity contribution in [2.45, 2.75) is 52.1 Å².